The summed E-state index contributed by atoms with van der Waals surface area (Å²) in [7, 11) is 4.71. The molecule has 0 radical (unpaired) electrons. The van der Waals surface area contributed by atoms with Gasteiger partial charge in [-0.15, -0.1) is 0 Å². The Hall–Kier alpha value is -4.20. The van der Waals surface area contributed by atoms with Crippen molar-refractivity contribution in [2.75, 3.05) is 21.3 Å². The topological polar surface area (TPSA) is 85.5 Å². The predicted octanol–water partition coefficient (Wildman–Crippen LogP) is 7.05. The zero-order chi connectivity index (χ0) is 27.5. The minimum atomic E-state index is -0.267. The summed E-state index contributed by atoms with van der Waals surface area (Å²) in [6.45, 7) is 0.220. The zero-order valence-electron chi connectivity index (χ0n) is 21.5. The maximum atomic E-state index is 12.6. The molecular weight excluding hydrogens is 537 g/mol. The molecule has 0 bridgehead atoms. The highest BCUT2D eigenvalue weighted by atomic mass is 35.5. The first-order chi connectivity index (χ1) is 18.9. The molecule has 0 unspecified atom stereocenters. The Balaban J connectivity index is 1.52. The van der Waals surface area contributed by atoms with Gasteiger partial charge in [0.15, 0.2) is 11.5 Å². The number of pyridine rings is 1. The summed E-state index contributed by atoms with van der Waals surface area (Å²) in [6.07, 6.45) is 3.12. The van der Waals surface area contributed by atoms with E-state index in [-0.39, 0.29) is 12.5 Å². The highest BCUT2D eigenvalue weighted by Gasteiger charge is 2.19. The number of aromatic nitrogens is 2. The normalized spacial score (nSPS) is 11.3. The Bertz CT molecular complexity index is 1700. The third kappa shape index (κ3) is 5.37. The minimum absolute atomic E-state index is 0.220. The molecule has 2 aromatic heterocycles. The zero-order valence-corrected chi connectivity index (χ0v) is 23.0. The van der Waals surface area contributed by atoms with E-state index < -0.39 is 0 Å². The second-order valence-corrected chi connectivity index (χ2v) is 9.51. The van der Waals surface area contributed by atoms with Gasteiger partial charge in [-0.2, -0.15) is 0 Å². The summed E-state index contributed by atoms with van der Waals surface area (Å²) < 4.78 is 16.6. The van der Waals surface area contributed by atoms with Crippen LogP contribution in [0.1, 0.15) is 11.3 Å². The first kappa shape index (κ1) is 26.4. The van der Waals surface area contributed by atoms with E-state index in [0.717, 1.165) is 32.9 Å². The number of rotatable bonds is 8. The molecule has 0 saturated heterocycles. The lowest BCUT2D eigenvalue weighted by atomic mass is 10.1. The van der Waals surface area contributed by atoms with E-state index in [2.05, 4.69) is 16.4 Å². The molecule has 0 fully saturated rings. The number of hydrogen-bond acceptors (Lipinski definition) is 5. The molecular formula is C30H25Cl2N3O4. The fourth-order valence-corrected chi connectivity index (χ4v) is 4.75. The maximum Gasteiger partial charge on any atom is 0.244 e. The number of methoxy groups -OCH3 is 3. The van der Waals surface area contributed by atoms with Crippen LogP contribution in [0.4, 0.5) is 0 Å². The molecule has 0 aliphatic heterocycles. The van der Waals surface area contributed by atoms with E-state index in [0.29, 0.717) is 38.7 Å². The summed E-state index contributed by atoms with van der Waals surface area (Å²) in [4.78, 5) is 21.0. The number of nitrogens with one attached hydrogen (secondary N) is 2. The average Bonchev–Trinajstić information content (AvgIpc) is 3.34. The summed E-state index contributed by atoms with van der Waals surface area (Å²) in [5.41, 5.74) is 4.76. The van der Waals surface area contributed by atoms with Crippen molar-refractivity contribution in [1.29, 1.82) is 0 Å². The molecule has 9 heteroatoms. The molecule has 2 heterocycles. The van der Waals surface area contributed by atoms with Crippen LogP contribution in [-0.4, -0.2) is 37.2 Å². The lowest BCUT2D eigenvalue weighted by molar-refractivity contribution is -0.116. The number of aromatic amines is 1. The van der Waals surface area contributed by atoms with Gasteiger partial charge in [0.1, 0.15) is 0 Å². The number of amides is 1. The molecule has 0 aliphatic carbocycles. The van der Waals surface area contributed by atoms with Crippen LogP contribution < -0.4 is 19.5 Å². The van der Waals surface area contributed by atoms with Crippen molar-refractivity contribution in [3.63, 3.8) is 0 Å². The molecule has 0 atom stereocenters. The van der Waals surface area contributed by atoms with Gasteiger partial charge in [0.05, 0.1) is 54.8 Å². The number of hydrogen-bond donors (Lipinski definition) is 2. The van der Waals surface area contributed by atoms with Crippen molar-refractivity contribution >= 4 is 57.0 Å². The molecule has 0 spiro atoms. The SMILES string of the molecule is COc1cc(-c2nc(CNC(=O)/C=C/c3ccc(Cl)c(Cl)c3)cc3c2[nH]c2ccccc23)cc(OC)c1OC. The fraction of sp³-hybridized carbons (Fsp3) is 0.133. The molecule has 198 valence electrons. The molecule has 39 heavy (non-hydrogen) atoms. The van der Waals surface area contributed by atoms with Crippen LogP contribution >= 0.6 is 23.2 Å². The Morgan fingerprint density at radius 2 is 1.67 bits per heavy atom. The van der Waals surface area contributed by atoms with Crippen LogP contribution in [-0.2, 0) is 11.3 Å². The Labute approximate surface area is 235 Å². The van der Waals surface area contributed by atoms with Crippen molar-refractivity contribution in [3.05, 3.63) is 88.0 Å². The molecule has 0 saturated carbocycles. The van der Waals surface area contributed by atoms with E-state index >= 15 is 0 Å². The molecule has 2 N–H and O–H groups in total. The second kappa shape index (κ2) is 11.3. The Morgan fingerprint density at radius 1 is 0.923 bits per heavy atom. The van der Waals surface area contributed by atoms with Gasteiger partial charge in [-0.25, -0.2) is 4.98 Å². The highest BCUT2D eigenvalue weighted by Crippen LogP contribution is 2.42. The van der Waals surface area contributed by atoms with Crippen LogP contribution in [0.3, 0.4) is 0 Å². The molecule has 7 nitrogen and oxygen atoms in total. The average molecular weight is 562 g/mol. The monoisotopic (exact) mass is 561 g/mol. The van der Waals surface area contributed by atoms with Gasteiger partial charge < -0.3 is 24.5 Å². The summed E-state index contributed by atoms with van der Waals surface area (Å²) >= 11 is 12.0. The van der Waals surface area contributed by atoms with Crippen molar-refractivity contribution in [3.8, 4) is 28.5 Å². The van der Waals surface area contributed by atoms with E-state index in [1.807, 2.05) is 36.4 Å². The largest absolute Gasteiger partial charge is 0.493 e. The van der Waals surface area contributed by atoms with Gasteiger partial charge in [-0.05, 0) is 48.0 Å². The fourth-order valence-electron chi connectivity index (χ4n) is 4.44. The summed E-state index contributed by atoms with van der Waals surface area (Å²) in [5, 5.41) is 5.84. The number of H-pyrrole nitrogens is 1. The molecule has 5 aromatic rings. The van der Waals surface area contributed by atoms with Crippen LogP contribution in [0.25, 0.3) is 39.1 Å². The lowest BCUT2D eigenvalue weighted by Gasteiger charge is -2.15. The third-order valence-electron chi connectivity index (χ3n) is 6.30. The third-order valence-corrected chi connectivity index (χ3v) is 7.04. The van der Waals surface area contributed by atoms with Gasteiger partial charge in [-0.3, -0.25) is 4.79 Å². The number of carbonyl (C=O) groups excluding carboxylic acids is 1. The molecule has 1 amide bonds. The maximum absolute atomic E-state index is 12.6. The first-order valence-electron chi connectivity index (χ1n) is 12.0. The van der Waals surface area contributed by atoms with Gasteiger partial charge in [0.2, 0.25) is 11.7 Å². The molecule has 0 aliphatic rings. The van der Waals surface area contributed by atoms with Gasteiger partial charge in [0.25, 0.3) is 0 Å². The summed E-state index contributed by atoms with van der Waals surface area (Å²) in [5.74, 6) is 1.26. The highest BCUT2D eigenvalue weighted by molar-refractivity contribution is 6.42. The smallest absolute Gasteiger partial charge is 0.244 e. The van der Waals surface area contributed by atoms with Crippen LogP contribution in [0, 0.1) is 0 Å². The van der Waals surface area contributed by atoms with Crippen molar-refractivity contribution in [1.82, 2.24) is 15.3 Å². The number of halogens is 2. The predicted molar refractivity (Wildman–Crippen MR) is 156 cm³/mol. The van der Waals surface area contributed by atoms with Gasteiger partial charge >= 0.3 is 0 Å². The van der Waals surface area contributed by atoms with E-state index in [4.69, 9.17) is 42.4 Å². The minimum Gasteiger partial charge on any atom is -0.493 e. The van der Waals surface area contributed by atoms with Gasteiger partial charge in [-0.1, -0.05) is 47.5 Å². The molecule has 5 rings (SSSR count). The van der Waals surface area contributed by atoms with E-state index in [1.54, 1.807) is 45.6 Å². The van der Waals surface area contributed by atoms with E-state index in [9.17, 15) is 4.79 Å². The number of ether oxygens (including phenoxy) is 3. The number of nitrogens with zero attached hydrogens (tertiary/aromatic N) is 1. The lowest BCUT2D eigenvalue weighted by Crippen LogP contribution is -2.21. The van der Waals surface area contributed by atoms with Crippen LogP contribution in [0.15, 0.2) is 66.7 Å². The van der Waals surface area contributed by atoms with Crippen molar-refractivity contribution in [2.24, 2.45) is 0 Å². The second-order valence-electron chi connectivity index (χ2n) is 8.69. The Kier molecular flexibility index (Phi) is 7.63. The molecule has 3 aromatic carbocycles. The standard InChI is InChI=1S/C30H25Cl2N3O4/c1-37-25-13-18(14-26(38-2)30(25)39-3)28-29-21(20-6-4-5-7-24(20)35-29)15-19(34-28)16-33-27(36)11-9-17-8-10-22(31)23(32)12-17/h4-15,35H,16H2,1-3H3,(H,33,36)/b11-9+. The number of para-hydroxylation sites is 1. The summed E-state index contributed by atoms with van der Waals surface area (Å²) in [6, 6.07) is 18.9. The first-order valence-corrected chi connectivity index (χ1v) is 12.8. The Morgan fingerprint density at radius 3 is 2.36 bits per heavy atom. The number of benzene rings is 3. The number of fused-ring (bicyclic) bond motifs is 3. The quantitative estimate of drug-likeness (QED) is 0.198. The van der Waals surface area contributed by atoms with Crippen molar-refractivity contribution < 1.29 is 19.0 Å². The number of carbonyl (C=O) groups is 1. The van der Waals surface area contributed by atoms with Gasteiger partial charge in [0, 0.05) is 27.9 Å². The van der Waals surface area contributed by atoms with Crippen molar-refractivity contribution in [2.45, 2.75) is 6.54 Å². The van der Waals surface area contributed by atoms with E-state index in [1.165, 1.54) is 6.08 Å². The van der Waals surface area contributed by atoms with Crippen LogP contribution in [0.2, 0.25) is 10.0 Å². The van der Waals surface area contributed by atoms with Crippen LogP contribution in [0.5, 0.6) is 17.2 Å².